The van der Waals surface area contributed by atoms with E-state index in [0.29, 0.717) is 0 Å². The molecule has 0 saturated heterocycles. The minimum Gasteiger partial charge on any atom is -0.0654 e. The quantitative estimate of drug-likeness (QED) is 0.425. The van der Waals surface area contributed by atoms with Gasteiger partial charge in [-0.15, -0.1) is 0 Å². The van der Waals surface area contributed by atoms with Crippen LogP contribution in [0.2, 0.25) is 0 Å². The van der Waals surface area contributed by atoms with Gasteiger partial charge in [-0.2, -0.15) is 0 Å². The Kier molecular flexibility index (Phi) is 10.2. The van der Waals surface area contributed by atoms with E-state index in [-0.39, 0.29) is 0 Å². The fraction of sp³-hybridized carbons (Fsp3) is 1.00. The Bertz CT molecular complexity index is 139. The minimum atomic E-state index is 0.925. The van der Waals surface area contributed by atoms with Crippen LogP contribution in [0.15, 0.2) is 0 Å². The van der Waals surface area contributed by atoms with Gasteiger partial charge in [-0.3, -0.25) is 0 Å². The molecule has 0 aliphatic rings. The van der Waals surface area contributed by atoms with Gasteiger partial charge in [-0.25, -0.2) is 0 Å². The second-order valence-corrected chi connectivity index (χ2v) is 5.68. The van der Waals surface area contributed by atoms with Crippen molar-refractivity contribution < 1.29 is 0 Å². The van der Waals surface area contributed by atoms with Crippen molar-refractivity contribution in [2.75, 3.05) is 0 Å². The van der Waals surface area contributed by atoms with Crippen LogP contribution in [0.5, 0.6) is 0 Å². The van der Waals surface area contributed by atoms with Crippen LogP contribution in [0.4, 0.5) is 0 Å². The number of unbranched alkanes of at least 4 members (excludes halogenated alkanes) is 1. The van der Waals surface area contributed by atoms with Crippen LogP contribution in [0, 0.1) is 17.8 Å². The van der Waals surface area contributed by atoms with Gasteiger partial charge in [-0.1, -0.05) is 73.1 Å². The molecule has 0 aromatic carbocycles. The second kappa shape index (κ2) is 10.2. The summed E-state index contributed by atoms with van der Waals surface area (Å²) >= 11 is 0. The summed E-state index contributed by atoms with van der Waals surface area (Å²) in [5.74, 6) is 2.90. The maximum atomic E-state index is 2.41. The van der Waals surface area contributed by atoms with E-state index >= 15 is 0 Å². The highest BCUT2D eigenvalue weighted by Crippen LogP contribution is 2.28. The van der Waals surface area contributed by atoms with E-state index in [2.05, 4.69) is 34.6 Å². The third-order valence-corrected chi connectivity index (χ3v) is 4.22. The lowest BCUT2D eigenvalue weighted by atomic mass is 9.82. The smallest absolute Gasteiger partial charge is 0.0412 e. The SMILES string of the molecule is CCCCC(CC)CC(CC)CC(C)CC. The summed E-state index contributed by atoms with van der Waals surface area (Å²) in [4.78, 5) is 0. The highest BCUT2D eigenvalue weighted by atomic mass is 14.2. The summed E-state index contributed by atoms with van der Waals surface area (Å²) in [7, 11) is 0. The average molecular weight is 226 g/mol. The zero-order valence-electron chi connectivity index (χ0n) is 12.4. The van der Waals surface area contributed by atoms with Gasteiger partial charge in [-0.05, 0) is 30.6 Å². The monoisotopic (exact) mass is 226 g/mol. The first-order valence-electron chi connectivity index (χ1n) is 7.67. The molecule has 0 amide bonds. The van der Waals surface area contributed by atoms with Crippen molar-refractivity contribution in [1.82, 2.24) is 0 Å². The van der Waals surface area contributed by atoms with E-state index in [1.807, 2.05) is 0 Å². The van der Waals surface area contributed by atoms with E-state index in [1.54, 1.807) is 0 Å². The van der Waals surface area contributed by atoms with Gasteiger partial charge in [0, 0.05) is 0 Å². The molecule has 0 aliphatic heterocycles. The van der Waals surface area contributed by atoms with Crippen molar-refractivity contribution in [2.24, 2.45) is 17.8 Å². The number of hydrogen-bond acceptors (Lipinski definition) is 0. The van der Waals surface area contributed by atoms with E-state index in [9.17, 15) is 0 Å². The van der Waals surface area contributed by atoms with Crippen LogP contribution in [0.1, 0.15) is 86.0 Å². The summed E-state index contributed by atoms with van der Waals surface area (Å²) in [5, 5.41) is 0. The first-order chi connectivity index (χ1) is 7.67. The van der Waals surface area contributed by atoms with Gasteiger partial charge in [0.15, 0.2) is 0 Å². The third kappa shape index (κ3) is 7.30. The van der Waals surface area contributed by atoms with Crippen LogP contribution < -0.4 is 0 Å². The second-order valence-electron chi connectivity index (χ2n) is 5.68. The Morgan fingerprint density at radius 2 is 1.38 bits per heavy atom. The molecule has 0 N–H and O–H groups in total. The van der Waals surface area contributed by atoms with Gasteiger partial charge in [0.25, 0.3) is 0 Å². The molecule has 0 heterocycles. The molecule has 0 aliphatic carbocycles. The lowest BCUT2D eigenvalue weighted by molar-refractivity contribution is 0.283. The molecule has 0 radical (unpaired) electrons. The van der Waals surface area contributed by atoms with E-state index < -0.39 is 0 Å². The van der Waals surface area contributed by atoms with Gasteiger partial charge >= 0.3 is 0 Å². The van der Waals surface area contributed by atoms with Crippen LogP contribution in [-0.2, 0) is 0 Å². The molecule has 0 saturated carbocycles. The summed E-state index contributed by atoms with van der Waals surface area (Å²) in [6.07, 6.45) is 11.3. The lowest BCUT2D eigenvalue weighted by Gasteiger charge is -2.24. The lowest BCUT2D eigenvalue weighted by Crippen LogP contribution is -2.11. The normalized spacial score (nSPS) is 17.1. The molecule has 0 aromatic heterocycles. The zero-order valence-corrected chi connectivity index (χ0v) is 12.4. The molecular formula is C16H34. The highest BCUT2D eigenvalue weighted by molar-refractivity contribution is 4.67. The Morgan fingerprint density at radius 1 is 0.750 bits per heavy atom. The van der Waals surface area contributed by atoms with Crippen LogP contribution in [0.25, 0.3) is 0 Å². The number of rotatable bonds is 10. The summed E-state index contributed by atoms with van der Waals surface area (Å²) in [6, 6.07) is 0. The summed E-state index contributed by atoms with van der Waals surface area (Å²) < 4.78 is 0. The van der Waals surface area contributed by atoms with Gasteiger partial charge < -0.3 is 0 Å². The molecule has 0 spiro atoms. The molecular weight excluding hydrogens is 192 g/mol. The molecule has 98 valence electrons. The van der Waals surface area contributed by atoms with Crippen molar-refractivity contribution in [1.29, 1.82) is 0 Å². The van der Waals surface area contributed by atoms with E-state index in [1.165, 1.54) is 51.4 Å². The van der Waals surface area contributed by atoms with Gasteiger partial charge in [0.2, 0.25) is 0 Å². The molecule has 0 rings (SSSR count). The van der Waals surface area contributed by atoms with Crippen LogP contribution in [0.3, 0.4) is 0 Å². The predicted molar refractivity (Wildman–Crippen MR) is 75.8 cm³/mol. The molecule has 0 aromatic rings. The largest absolute Gasteiger partial charge is 0.0654 e. The summed E-state index contributed by atoms with van der Waals surface area (Å²) in [5.41, 5.74) is 0. The molecule has 0 nitrogen and oxygen atoms in total. The zero-order chi connectivity index (χ0) is 12.4. The molecule has 0 fully saturated rings. The van der Waals surface area contributed by atoms with Crippen molar-refractivity contribution >= 4 is 0 Å². The Balaban J connectivity index is 3.95. The van der Waals surface area contributed by atoms with Gasteiger partial charge in [0.1, 0.15) is 0 Å². The number of hydrogen-bond donors (Lipinski definition) is 0. The standard InChI is InChI=1S/C16H34/c1-6-10-11-15(8-3)13-16(9-4)12-14(5)7-2/h14-16H,6-13H2,1-5H3. The maximum Gasteiger partial charge on any atom is -0.0412 e. The fourth-order valence-corrected chi connectivity index (χ4v) is 2.62. The highest BCUT2D eigenvalue weighted by Gasteiger charge is 2.15. The first kappa shape index (κ1) is 16.0. The average Bonchev–Trinajstić information content (AvgIpc) is 2.32. The first-order valence-corrected chi connectivity index (χ1v) is 7.67. The predicted octanol–water partition coefficient (Wildman–Crippen LogP) is 6.06. The maximum absolute atomic E-state index is 2.41. The molecule has 16 heavy (non-hydrogen) atoms. The molecule has 0 bridgehead atoms. The molecule has 3 atom stereocenters. The Labute approximate surface area is 104 Å². The van der Waals surface area contributed by atoms with Crippen molar-refractivity contribution in [3.8, 4) is 0 Å². The minimum absolute atomic E-state index is 0.925. The third-order valence-electron chi connectivity index (χ3n) is 4.22. The summed E-state index contributed by atoms with van der Waals surface area (Å²) in [6.45, 7) is 11.8. The Hall–Kier alpha value is 0. The van der Waals surface area contributed by atoms with Crippen molar-refractivity contribution in [3.05, 3.63) is 0 Å². The van der Waals surface area contributed by atoms with Crippen LogP contribution >= 0.6 is 0 Å². The Morgan fingerprint density at radius 3 is 1.81 bits per heavy atom. The van der Waals surface area contributed by atoms with Crippen molar-refractivity contribution in [3.63, 3.8) is 0 Å². The van der Waals surface area contributed by atoms with Crippen LogP contribution in [-0.4, -0.2) is 0 Å². The molecule has 3 unspecified atom stereocenters. The van der Waals surface area contributed by atoms with E-state index in [4.69, 9.17) is 0 Å². The van der Waals surface area contributed by atoms with Crippen molar-refractivity contribution in [2.45, 2.75) is 86.0 Å². The fourth-order valence-electron chi connectivity index (χ4n) is 2.62. The van der Waals surface area contributed by atoms with Gasteiger partial charge in [0.05, 0.1) is 0 Å². The van der Waals surface area contributed by atoms with E-state index in [0.717, 1.165) is 17.8 Å². The topological polar surface area (TPSA) is 0 Å². The molecule has 0 heteroatoms.